The van der Waals surface area contributed by atoms with E-state index in [1.807, 2.05) is 18.0 Å². The van der Waals surface area contributed by atoms with Crippen LogP contribution < -0.4 is 5.32 Å². The number of benzene rings is 1. The van der Waals surface area contributed by atoms with Gasteiger partial charge in [-0.25, -0.2) is 4.39 Å². The lowest BCUT2D eigenvalue weighted by Gasteiger charge is -2.32. The fourth-order valence-electron chi connectivity index (χ4n) is 2.72. The van der Waals surface area contributed by atoms with Gasteiger partial charge < -0.3 is 10.2 Å². The molecule has 1 saturated heterocycles. The molecule has 0 saturated carbocycles. The summed E-state index contributed by atoms with van der Waals surface area (Å²) < 4.78 is 13.5. The van der Waals surface area contributed by atoms with Gasteiger partial charge in [-0.15, -0.1) is 11.8 Å². The van der Waals surface area contributed by atoms with Gasteiger partial charge >= 0.3 is 0 Å². The zero-order valence-corrected chi connectivity index (χ0v) is 13.3. The van der Waals surface area contributed by atoms with E-state index in [4.69, 9.17) is 0 Å². The number of amides is 1. The van der Waals surface area contributed by atoms with Crippen molar-refractivity contribution in [1.82, 2.24) is 10.2 Å². The Balaban J connectivity index is 1.75. The highest BCUT2D eigenvalue weighted by molar-refractivity contribution is 7.99. The van der Waals surface area contributed by atoms with Crippen LogP contribution >= 0.6 is 11.8 Å². The number of carbonyl (C=O) groups is 1. The summed E-state index contributed by atoms with van der Waals surface area (Å²) in [5.41, 5.74) is 0. The van der Waals surface area contributed by atoms with Crippen LogP contribution in [0.3, 0.4) is 0 Å². The van der Waals surface area contributed by atoms with Crippen LogP contribution in [0.5, 0.6) is 0 Å². The summed E-state index contributed by atoms with van der Waals surface area (Å²) in [6.45, 7) is 2.68. The number of likely N-dealkylation sites (tertiary alicyclic amines) is 1. The first-order valence-corrected chi connectivity index (χ1v) is 8.49. The van der Waals surface area contributed by atoms with Gasteiger partial charge in [0, 0.05) is 30.2 Å². The lowest BCUT2D eigenvalue weighted by atomic mass is 9.98. The maximum Gasteiger partial charge on any atom is 0.223 e. The van der Waals surface area contributed by atoms with Crippen LogP contribution in [0.4, 0.5) is 4.39 Å². The minimum absolute atomic E-state index is 0.194. The maximum atomic E-state index is 13.5. The average molecular weight is 310 g/mol. The van der Waals surface area contributed by atoms with E-state index in [9.17, 15) is 9.18 Å². The van der Waals surface area contributed by atoms with Crippen LogP contribution in [0.2, 0.25) is 0 Å². The Labute approximate surface area is 130 Å². The third-order valence-electron chi connectivity index (χ3n) is 3.77. The molecule has 21 heavy (non-hydrogen) atoms. The van der Waals surface area contributed by atoms with E-state index in [2.05, 4.69) is 5.32 Å². The van der Waals surface area contributed by atoms with Gasteiger partial charge in [0.15, 0.2) is 0 Å². The fraction of sp³-hybridized carbons (Fsp3) is 0.562. The van der Waals surface area contributed by atoms with Crippen molar-refractivity contribution in [3.63, 3.8) is 0 Å². The average Bonchev–Trinajstić information content (AvgIpc) is 2.50. The van der Waals surface area contributed by atoms with Gasteiger partial charge in [0.1, 0.15) is 5.82 Å². The molecule has 1 aliphatic heterocycles. The van der Waals surface area contributed by atoms with E-state index < -0.39 is 0 Å². The van der Waals surface area contributed by atoms with Crippen molar-refractivity contribution in [3.8, 4) is 0 Å². The Kier molecular flexibility index (Phi) is 6.51. The molecule has 1 unspecified atom stereocenters. The van der Waals surface area contributed by atoms with Gasteiger partial charge in [0.05, 0.1) is 0 Å². The molecule has 1 aliphatic rings. The second-order valence-electron chi connectivity index (χ2n) is 5.43. The monoisotopic (exact) mass is 310 g/mol. The highest BCUT2D eigenvalue weighted by atomic mass is 32.2. The second kappa shape index (κ2) is 8.39. The van der Waals surface area contributed by atoms with Gasteiger partial charge in [-0.3, -0.25) is 4.79 Å². The third-order valence-corrected chi connectivity index (χ3v) is 4.82. The molecule has 1 amide bonds. The summed E-state index contributed by atoms with van der Waals surface area (Å²) in [5, 5.41) is 3.18. The van der Waals surface area contributed by atoms with Crippen molar-refractivity contribution in [1.29, 1.82) is 0 Å². The van der Waals surface area contributed by atoms with Crippen LogP contribution in [0, 0.1) is 11.7 Å². The van der Waals surface area contributed by atoms with Gasteiger partial charge in [-0.1, -0.05) is 12.1 Å². The standard InChI is InChI=1S/C16H23FN2OS/c1-18-11-13-5-4-9-19(12-13)16(20)8-10-21-15-7-3-2-6-14(15)17/h2-3,6-7,13,18H,4-5,8-12H2,1H3. The molecule has 3 nitrogen and oxygen atoms in total. The molecule has 0 aromatic heterocycles. The second-order valence-corrected chi connectivity index (χ2v) is 6.57. The van der Waals surface area contributed by atoms with Crippen LogP contribution in [0.1, 0.15) is 19.3 Å². The molecule has 2 rings (SSSR count). The molecule has 1 fully saturated rings. The minimum atomic E-state index is -0.206. The number of nitrogens with one attached hydrogen (secondary N) is 1. The predicted molar refractivity (Wildman–Crippen MR) is 85.0 cm³/mol. The fourth-order valence-corrected chi connectivity index (χ4v) is 3.59. The molecule has 0 radical (unpaired) electrons. The SMILES string of the molecule is CNCC1CCCN(C(=O)CCSc2ccccc2F)C1. The molecule has 1 atom stereocenters. The van der Waals surface area contributed by atoms with E-state index in [0.29, 0.717) is 23.0 Å². The summed E-state index contributed by atoms with van der Waals surface area (Å²) >= 11 is 1.42. The molecular formula is C16H23FN2OS. The molecular weight excluding hydrogens is 287 g/mol. The van der Waals surface area contributed by atoms with Gasteiger partial charge in [0.2, 0.25) is 5.91 Å². The molecule has 0 aliphatic carbocycles. The van der Waals surface area contributed by atoms with Crippen molar-refractivity contribution in [2.45, 2.75) is 24.2 Å². The lowest BCUT2D eigenvalue weighted by Crippen LogP contribution is -2.42. The largest absolute Gasteiger partial charge is 0.342 e. The van der Waals surface area contributed by atoms with Crippen molar-refractivity contribution in [2.75, 3.05) is 32.4 Å². The van der Waals surface area contributed by atoms with Gasteiger partial charge in [-0.05, 0) is 44.5 Å². The first-order chi connectivity index (χ1) is 10.2. The Hall–Kier alpha value is -1.07. The molecule has 0 spiro atoms. The van der Waals surface area contributed by atoms with E-state index in [-0.39, 0.29) is 11.7 Å². The Morgan fingerprint density at radius 3 is 3.05 bits per heavy atom. The van der Waals surface area contributed by atoms with E-state index in [1.54, 1.807) is 12.1 Å². The maximum absolute atomic E-state index is 13.5. The summed E-state index contributed by atoms with van der Waals surface area (Å²) in [5.74, 6) is 1.18. The van der Waals surface area contributed by atoms with Crippen molar-refractivity contribution >= 4 is 17.7 Å². The van der Waals surface area contributed by atoms with Crippen molar-refractivity contribution in [2.24, 2.45) is 5.92 Å². The van der Waals surface area contributed by atoms with Gasteiger partial charge in [-0.2, -0.15) is 0 Å². The highest BCUT2D eigenvalue weighted by Crippen LogP contribution is 2.23. The lowest BCUT2D eigenvalue weighted by molar-refractivity contribution is -0.132. The number of carbonyl (C=O) groups excluding carboxylic acids is 1. The molecule has 1 heterocycles. The number of hydrogen-bond donors (Lipinski definition) is 1. The number of thioether (sulfide) groups is 1. The van der Waals surface area contributed by atoms with Gasteiger partial charge in [0.25, 0.3) is 0 Å². The van der Waals surface area contributed by atoms with E-state index >= 15 is 0 Å². The third kappa shape index (κ3) is 5.00. The molecule has 116 valence electrons. The normalized spacial score (nSPS) is 18.8. The minimum Gasteiger partial charge on any atom is -0.342 e. The Morgan fingerprint density at radius 2 is 2.29 bits per heavy atom. The Morgan fingerprint density at radius 1 is 1.48 bits per heavy atom. The van der Waals surface area contributed by atoms with E-state index in [1.165, 1.54) is 24.2 Å². The zero-order chi connectivity index (χ0) is 15.1. The number of hydrogen-bond acceptors (Lipinski definition) is 3. The molecule has 1 aromatic rings. The van der Waals surface area contributed by atoms with Crippen LogP contribution in [-0.2, 0) is 4.79 Å². The summed E-state index contributed by atoms with van der Waals surface area (Å²) in [6.07, 6.45) is 2.75. The molecule has 0 bridgehead atoms. The molecule has 1 aromatic carbocycles. The first kappa shape index (κ1) is 16.3. The topological polar surface area (TPSA) is 32.3 Å². The van der Waals surface area contributed by atoms with Crippen molar-refractivity contribution < 1.29 is 9.18 Å². The summed E-state index contributed by atoms with van der Waals surface area (Å²) in [7, 11) is 1.95. The smallest absolute Gasteiger partial charge is 0.223 e. The quantitative estimate of drug-likeness (QED) is 0.820. The predicted octanol–water partition coefficient (Wildman–Crippen LogP) is 2.77. The summed E-state index contributed by atoms with van der Waals surface area (Å²) in [4.78, 5) is 14.8. The first-order valence-electron chi connectivity index (χ1n) is 7.50. The number of piperidine rings is 1. The van der Waals surface area contributed by atoms with Crippen LogP contribution in [-0.4, -0.2) is 43.2 Å². The Bertz CT molecular complexity index is 467. The number of nitrogens with zero attached hydrogens (tertiary/aromatic N) is 1. The molecule has 5 heteroatoms. The highest BCUT2D eigenvalue weighted by Gasteiger charge is 2.22. The number of halogens is 1. The zero-order valence-electron chi connectivity index (χ0n) is 12.5. The van der Waals surface area contributed by atoms with E-state index in [0.717, 1.165) is 26.1 Å². The van der Waals surface area contributed by atoms with Crippen molar-refractivity contribution in [3.05, 3.63) is 30.1 Å². The van der Waals surface area contributed by atoms with Crippen LogP contribution in [0.25, 0.3) is 0 Å². The molecule has 1 N–H and O–H groups in total. The summed E-state index contributed by atoms with van der Waals surface area (Å²) in [6, 6.07) is 6.71. The number of rotatable bonds is 6. The van der Waals surface area contributed by atoms with Crippen LogP contribution in [0.15, 0.2) is 29.2 Å².